The van der Waals surface area contributed by atoms with Crippen molar-refractivity contribution in [2.75, 3.05) is 6.54 Å². The molecule has 1 N–H and O–H groups in total. The van der Waals surface area contributed by atoms with Gasteiger partial charge in [-0.1, -0.05) is 32.0 Å². The minimum Gasteiger partial charge on any atom is -0.337 e. The van der Waals surface area contributed by atoms with Gasteiger partial charge in [0.25, 0.3) is 5.56 Å². The molecule has 0 fully saturated rings. The first-order valence-electron chi connectivity index (χ1n) is 7.25. The molecule has 3 rings (SSSR count). The minimum atomic E-state index is -0.0579. The number of fused-ring (bicyclic) bond motifs is 1. The Morgan fingerprint density at radius 2 is 1.95 bits per heavy atom. The van der Waals surface area contributed by atoms with E-state index in [2.05, 4.69) is 5.10 Å². The second-order valence-corrected chi connectivity index (χ2v) is 5.71. The van der Waals surface area contributed by atoms with E-state index < -0.39 is 0 Å². The molecule has 1 aromatic carbocycles. The number of rotatable bonds is 2. The Hall–Kier alpha value is -2.30. The number of hydrogen-bond donors (Lipinski definition) is 1. The molecule has 110 valence electrons. The van der Waals surface area contributed by atoms with E-state index in [1.807, 2.05) is 44.2 Å². The molecular formula is C16H19N3O2. The molecule has 0 unspecified atom stereocenters. The molecule has 0 spiro atoms. The van der Waals surface area contributed by atoms with Crippen molar-refractivity contribution >= 4 is 5.91 Å². The monoisotopic (exact) mass is 285 g/mol. The number of aromatic nitrogens is 2. The topological polar surface area (TPSA) is 58.1 Å². The third kappa shape index (κ3) is 2.39. The lowest BCUT2D eigenvalue weighted by molar-refractivity contribution is -0.135. The number of nitrogens with zero attached hydrogens (tertiary/aromatic N) is 2. The maximum Gasteiger partial charge on any atom is 0.276 e. The first kappa shape index (κ1) is 13.7. The zero-order valence-electron chi connectivity index (χ0n) is 12.3. The summed E-state index contributed by atoms with van der Waals surface area (Å²) in [4.78, 5) is 26.4. The largest absolute Gasteiger partial charge is 0.337 e. The fraction of sp³-hybridized carbons (Fsp3) is 0.375. The molecule has 0 aliphatic carbocycles. The van der Waals surface area contributed by atoms with E-state index in [0.717, 1.165) is 11.4 Å². The van der Waals surface area contributed by atoms with Crippen molar-refractivity contribution in [2.24, 2.45) is 5.92 Å². The van der Waals surface area contributed by atoms with Gasteiger partial charge in [-0.25, -0.2) is 4.68 Å². The predicted molar refractivity (Wildman–Crippen MR) is 80.3 cm³/mol. The van der Waals surface area contributed by atoms with Crippen molar-refractivity contribution in [1.29, 1.82) is 0 Å². The van der Waals surface area contributed by atoms with Gasteiger partial charge in [0.2, 0.25) is 5.91 Å². The summed E-state index contributed by atoms with van der Waals surface area (Å²) in [6, 6.07) is 9.49. The Bertz CT molecular complexity index is 713. The summed E-state index contributed by atoms with van der Waals surface area (Å²) >= 11 is 0. The third-order valence-corrected chi connectivity index (χ3v) is 3.87. The lowest BCUT2D eigenvalue weighted by Crippen LogP contribution is -2.39. The summed E-state index contributed by atoms with van der Waals surface area (Å²) in [6.45, 7) is 4.84. The van der Waals surface area contributed by atoms with Crippen molar-refractivity contribution in [1.82, 2.24) is 14.7 Å². The molecule has 1 aliphatic heterocycles. The van der Waals surface area contributed by atoms with Gasteiger partial charge in [-0.05, 0) is 12.1 Å². The molecule has 0 radical (unpaired) electrons. The van der Waals surface area contributed by atoms with Gasteiger partial charge in [0.15, 0.2) is 0 Å². The lowest BCUT2D eigenvalue weighted by atomic mass is 10.1. The van der Waals surface area contributed by atoms with Crippen LogP contribution in [0.25, 0.3) is 5.69 Å². The average Bonchev–Trinajstić information content (AvgIpc) is 2.84. The van der Waals surface area contributed by atoms with Crippen LogP contribution in [0.2, 0.25) is 0 Å². The van der Waals surface area contributed by atoms with Crippen LogP contribution >= 0.6 is 0 Å². The van der Waals surface area contributed by atoms with E-state index in [0.29, 0.717) is 25.1 Å². The van der Waals surface area contributed by atoms with Crippen LogP contribution in [-0.4, -0.2) is 27.1 Å². The van der Waals surface area contributed by atoms with Gasteiger partial charge in [0, 0.05) is 24.6 Å². The van der Waals surface area contributed by atoms with Crippen LogP contribution < -0.4 is 5.56 Å². The molecule has 0 saturated carbocycles. The molecule has 5 nitrogen and oxygen atoms in total. The first-order chi connectivity index (χ1) is 10.1. The second-order valence-electron chi connectivity index (χ2n) is 5.71. The zero-order chi connectivity index (χ0) is 15.0. The van der Waals surface area contributed by atoms with E-state index in [9.17, 15) is 9.59 Å². The molecule has 21 heavy (non-hydrogen) atoms. The number of amides is 1. The van der Waals surface area contributed by atoms with Crippen molar-refractivity contribution in [3.05, 3.63) is 51.9 Å². The number of benzene rings is 1. The number of para-hydroxylation sites is 1. The quantitative estimate of drug-likeness (QED) is 0.913. The van der Waals surface area contributed by atoms with E-state index in [1.165, 1.54) is 0 Å². The van der Waals surface area contributed by atoms with Gasteiger partial charge < -0.3 is 4.90 Å². The molecule has 0 bridgehead atoms. The smallest absolute Gasteiger partial charge is 0.276 e. The fourth-order valence-electron chi connectivity index (χ4n) is 2.72. The highest BCUT2D eigenvalue weighted by Gasteiger charge is 2.26. The van der Waals surface area contributed by atoms with Crippen LogP contribution in [0.3, 0.4) is 0 Å². The number of carbonyl (C=O) groups is 1. The summed E-state index contributed by atoms with van der Waals surface area (Å²) in [7, 11) is 0. The van der Waals surface area contributed by atoms with Gasteiger partial charge in [-0.3, -0.25) is 14.7 Å². The number of carbonyl (C=O) groups excluding carboxylic acids is 1. The first-order valence-corrected chi connectivity index (χ1v) is 7.25. The van der Waals surface area contributed by atoms with Crippen molar-refractivity contribution in [3.63, 3.8) is 0 Å². The molecule has 2 aromatic rings. The van der Waals surface area contributed by atoms with Gasteiger partial charge >= 0.3 is 0 Å². The molecule has 1 aliphatic rings. The SMILES string of the molecule is CC(C)C(=O)N1CCc2[nH]n(-c3ccccc3)c(=O)c2C1. The number of aromatic amines is 1. The predicted octanol–water partition coefficient (Wildman–Crippen LogP) is 1.71. The van der Waals surface area contributed by atoms with E-state index in [4.69, 9.17) is 0 Å². The summed E-state index contributed by atoms with van der Waals surface area (Å²) in [5, 5.41) is 3.17. The van der Waals surface area contributed by atoms with Crippen molar-refractivity contribution in [3.8, 4) is 5.69 Å². The highest BCUT2D eigenvalue weighted by molar-refractivity contribution is 5.78. The maximum atomic E-state index is 12.5. The fourth-order valence-corrected chi connectivity index (χ4v) is 2.72. The van der Waals surface area contributed by atoms with E-state index >= 15 is 0 Å². The highest BCUT2D eigenvalue weighted by atomic mass is 16.2. The van der Waals surface area contributed by atoms with E-state index in [-0.39, 0.29) is 17.4 Å². The van der Waals surface area contributed by atoms with Crippen LogP contribution in [-0.2, 0) is 17.8 Å². The number of H-pyrrole nitrogens is 1. The summed E-state index contributed by atoms with van der Waals surface area (Å²) in [5.41, 5.74) is 2.41. The number of hydrogen-bond acceptors (Lipinski definition) is 2. The van der Waals surface area contributed by atoms with Crippen LogP contribution in [0.15, 0.2) is 35.1 Å². The normalized spacial score (nSPS) is 14.3. The molecule has 1 amide bonds. The summed E-state index contributed by atoms with van der Waals surface area (Å²) in [6.07, 6.45) is 0.697. The molecule has 2 heterocycles. The van der Waals surface area contributed by atoms with Crippen LogP contribution in [0.4, 0.5) is 0 Å². The standard InChI is InChI=1S/C16H19N3O2/c1-11(2)15(20)18-9-8-14-13(10-18)16(21)19(17-14)12-6-4-3-5-7-12/h3-7,11,17H,8-10H2,1-2H3. The molecule has 0 atom stereocenters. The highest BCUT2D eigenvalue weighted by Crippen LogP contribution is 2.17. The van der Waals surface area contributed by atoms with Crippen LogP contribution in [0.1, 0.15) is 25.1 Å². The van der Waals surface area contributed by atoms with Gasteiger partial charge in [0.1, 0.15) is 0 Å². The van der Waals surface area contributed by atoms with Crippen molar-refractivity contribution in [2.45, 2.75) is 26.8 Å². The molecular weight excluding hydrogens is 266 g/mol. The Balaban J connectivity index is 1.96. The Kier molecular flexibility index (Phi) is 3.41. The van der Waals surface area contributed by atoms with Crippen LogP contribution in [0, 0.1) is 5.92 Å². The zero-order valence-corrected chi connectivity index (χ0v) is 12.3. The van der Waals surface area contributed by atoms with Gasteiger partial charge in [-0.15, -0.1) is 0 Å². The van der Waals surface area contributed by atoms with E-state index in [1.54, 1.807) is 9.58 Å². The molecule has 0 saturated heterocycles. The van der Waals surface area contributed by atoms with Gasteiger partial charge in [0.05, 0.1) is 17.8 Å². The second kappa shape index (κ2) is 5.24. The number of nitrogens with one attached hydrogen (secondary N) is 1. The van der Waals surface area contributed by atoms with Crippen LogP contribution in [0.5, 0.6) is 0 Å². The average molecular weight is 285 g/mol. The van der Waals surface area contributed by atoms with Crippen molar-refractivity contribution < 1.29 is 4.79 Å². The molecule has 5 heteroatoms. The van der Waals surface area contributed by atoms with Gasteiger partial charge in [-0.2, -0.15) is 0 Å². The third-order valence-electron chi connectivity index (χ3n) is 3.87. The Morgan fingerprint density at radius 1 is 1.24 bits per heavy atom. The summed E-state index contributed by atoms with van der Waals surface area (Å²) < 4.78 is 1.56. The Labute approximate surface area is 123 Å². The maximum absolute atomic E-state index is 12.5. The molecule has 1 aromatic heterocycles. The Morgan fingerprint density at radius 3 is 2.62 bits per heavy atom. The lowest BCUT2D eigenvalue weighted by Gasteiger charge is -2.27. The summed E-state index contributed by atoms with van der Waals surface area (Å²) in [5.74, 6) is 0.0642. The minimum absolute atomic E-state index is 0.0400.